The van der Waals surface area contributed by atoms with E-state index in [1.165, 1.54) is 4.90 Å². The highest BCUT2D eigenvalue weighted by Gasteiger charge is 2.46. The number of amides is 3. The Bertz CT molecular complexity index is 604. The molecule has 2 N–H and O–H groups in total. The van der Waals surface area contributed by atoms with Crippen LogP contribution in [0.15, 0.2) is 24.3 Å². The summed E-state index contributed by atoms with van der Waals surface area (Å²) in [5.74, 6) is -0.489. The number of carbonyl (C=O) groups is 3. The quantitative estimate of drug-likeness (QED) is 0.834. The van der Waals surface area contributed by atoms with Crippen molar-refractivity contribution in [3.8, 4) is 0 Å². The summed E-state index contributed by atoms with van der Waals surface area (Å²) in [6, 6.07) is 5.81. The van der Waals surface area contributed by atoms with Gasteiger partial charge in [0.25, 0.3) is 11.8 Å². The van der Waals surface area contributed by atoms with E-state index in [0.29, 0.717) is 11.1 Å². The van der Waals surface area contributed by atoms with Gasteiger partial charge in [-0.1, -0.05) is 18.6 Å². The Morgan fingerprint density at radius 1 is 1.23 bits per heavy atom. The van der Waals surface area contributed by atoms with E-state index in [1.54, 1.807) is 31.2 Å². The molecule has 3 rings (SSSR count). The normalized spacial score (nSPS) is 20.3. The van der Waals surface area contributed by atoms with Gasteiger partial charge in [-0.25, -0.2) is 4.79 Å². The fourth-order valence-corrected chi connectivity index (χ4v) is 3.38. The van der Waals surface area contributed by atoms with Gasteiger partial charge < -0.3 is 10.4 Å². The van der Waals surface area contributed by atoms with Crippen molar-refractivity contribution < 1.29 is 19.5 Å². The van der Waals surface area contributed by atoms with Gasteiger partial charge in [0.05, 0.1) is 23.2 Å². The van der Waals surface area contributed by atoms with Crippen LogP contribution >= 0.6 is 0 Å². The van der Waals surface area contributed by atoms with Crippen molar-refractivity contribution in [2.45, 2.75) is 38.3 Å². The standard InChI is InChI=1S/C16H18N2O4/c1-9(17-16(21)22)13(10-5-4-6-10)18-14(19)11-7-2-3-8-12(11)15(18)20/h2-3,7-10,13,17H,4-6H2,1H3,(H,21,22)/t9-,13-/m0/s1. The molecule has 22 heavy (non-hydrogen) atoms. The third-order valence-corrected chi connectivity index (χ3v) is 4.62. The maximum absolute atomic E-state index is 12.6. The van der Waals surface area contributed by atoms with Crippen LogP contribution in [-0.4, -0.2) is 40.0 Å². The van der Waals surface area contributed by atoms with E-state index in [2.05, 4.69) is 5.32 Å². The van der Waals surface area contributed by atoms with Crippen molar-refractivity contribution in [3.63, 3.8) is 0 Å². The maximum Gasteiger partial charge on any atom is 0.404 e. The van der Waals surface area contributed by atoms with E-state index in [4.69, 9.17) is 5.11 Å². The molecule has 0 spiro atoms. The van der Waals surface area contributed by atoms with Crippen LogP contribution < -0.4 is 5.32 Å². The Kier molecular flexibility index (Phi) is 3.60. The van der Waals surface area contributed by atoms with Gasteiger partial charge in [-0.2, -0.15) is 0 Å². The zero-order valence-electron chi connectivity index (χ0n) is 12.3. The summed E-state index contributed by atoms with van der Waals surface area (Å²) >= 11 is 0. The molecule has 116 valence electrons. The highest BCUT2D eigenvalue weighted by molar-refractivity contribution is 6.21. The van der Waals surface area contributed by atoms with Crippen LogP contribution in [0.4, 0.5) is 4.79 Å². The maximum atomic E-state index is 12.6. The smallest absolute Gasteiger partial charge is 0.404 e. The van der Waals surface area contributed by atoms with Gasteiger partial charge in [-0.05, 0) is 37.8 Å². The minimum absolute atomic E-state index is 0.157. The van der Waals surface area contributed by atoms with E-state index in [9.17, 15) is 14.4 Å². The lowest BCUT2D eigenvalue weighted by molar-refractivity contribution is 0.0396. The second-order valence-corrected chi connectivity index (χ2v) is 5.95. The van der Waals surface area contributed by atoms with Gasteiger partial charge in [0, 0.05) is 0 Å². The summed E-state index contributed by atoms with van der Waals surface area (Å²) in [7, 11) is 0. The van der Waals surface area contributed by atoms with Crippen LogP contribution in [0.2, 0.25) is 0 Å². The molecule has 0 radical (unpaired) electrons. The lowest BCUT2D eigenvalue weighted by Crippen LogP contribution is -2.56. The van der Waals surface area contributed by atoms with Gasteiger partial charge in [0.1, 0.15) is 0 Å². The number of hydrogen-bond donors (Lipinski definition) is 2. The molecule has 1 saturated carbocycles. The number of benzene rings is 1. The molecule has 1 aromatic carbocycles. The topological polar surface area (TPSA) is 86.7 Å². The summed E-state index contributed by atoms with van der Waals surface area (Å²) in [4.78, 5) is 37.4. The average molecular weight is 302 g/mol. The number of carbonyl (C=O) groups excluding carboxylic acids is 2. The lowest BCUT2D eigenvalue weighted by atomic mass is 9.76. The summed E-state index contributed by atoms with van der Waals surface area (Å²) < 4.78 is 0. The van der Waals surface area contributed by atoms with E-state index < -0.39 is 18.2 Å². The third kappa shape index (κ3) is 2.24. The molecule has 2 atom stereocenters. The first-order chi connectivity index (χ1) is 10.5. The summed E-state index contributed by atoms with van der Waals surface area (Å²) in [6.07, 6.45) is 1.71. The van der Waals surface area contributed by atoms with E-state index >= 15 is 0 Å². The highest BCUT2D eigenvalue weighted by Crippen LogP contribution is 2.37. The number of hydrogen-bond acceptors (Lipinski definition) is 3. The summed E-state index contributed by atoms with van der Waals surface area (Å²) in [5, 5.41) is 11.4. The molecule has 6 nitrogen and oxygen atoms in total. The highest BCUT2D eigenvalue weighted by atomic mass is 16.4. The number of fused-ring (bicyclic) bond motifs is 1. The predicted octanol–water partition coefficient (Wildman–Crippen LogP) is 2.11. The van der Waals surface area contributed by atoms with Gasteiger partial charge in [-0.15, -0.1) is 0 Å². The first-order valence-electron chi connectivity index (χ1n) is 7.47. The van der Waals surface area contributed by atoms with Crippen LogP contribution in [0.25, 0.3) is 0 Å². The van der Waals surface area contributed by atoms with Crippen LogP contribution in [0, 0.1) is 5.92 Å². The van der Waals surface area contributed by atoms with Crippen LogP contribution in [-0.2, 0) is 0 Å². The molecule has 1 aliphatic carbocycles. The molecule has 0 bridgehead atoms. The molecule has 2 aliphatic rings. The number of carboxylic acid groups (broad SMARTS) is 1. The second kappa shape index (κ2) is 5.44. The molecule has 1 heterocycles. The van der Waals surface area contributed by atoms with Crippen molar-refractivity contribution in [1.29, 1.82) is 0 Å². The Morgan fingerprint density at radius 2 is 1.77 bits per heavy atom. The molecular weight excluding hydrogens is 284 g/mol. The molecule has 0 saturated heterocycles. The number of rotatable bonds is 4. The molecule has 1 fully saturated rings. The zero-order chi connectivity index (χ0) is 15.9. The average Bonchev–Trinajstić information content (AvgIpc) is 2.66. The summed E-state index contributed by atoms with van der Waals surface area (Å²) in [6.45, 7) is 1.71. The second-order valence-electron chi connectivity index (χ2n) is 5.95. The first-order valence-corrected chi connectivity index (χ1v) is 7.47. The van der Waals surface area contributed by atoms with Gasteiger partial charge in [0.2, 0.25) is 0 Å². The largest absolute Gasteiger partial charge is 0.465 e. The number of nitrogens with one attached hydrogen (secondary N) is 1. The monoisotopic (exact) mass is 302 g/mol. The Balaban J connectivity index is 1.94. The zero-order valence-corrected chi connectivity index (χ0v) is 12.3. The van der Waals surface area contributed by atoms with E-state index in [0.717, 1.165) is 19.3 Å². The Hall–Kier alpha value is -2.37. The molecule has 1 aromatic rings. The van der Waals surface area contributed by atoms with Crippen LogP contribution in [0.1, 0.15) is 46.9 Å². The van der Waals surface area contributed by atoms with E-state index in [-0.39, 0.29) is 17.7 Å². The first kappa shape index (κ1) is 14.6. The minimum atomic E-state index is -1.14. The molecular formula is C16H18N2O4. The number of imide groups is 1. The van der Waals surface area contributed by atoms with Crippen molar-refractivity contribution in [1.82, 2.24) is 10.2 Å². The molecule has 0 aromatic heterocycles. The van der Waals surface area contributed by atoms with Crippen molar-refractivity contribution in [2.24, 2.45) is 5.92 Å². The lowest BCUT2D eigenvalue weighted by Gasteiger charge is -2.41. The SMILES string of the molecule is C[C@H](NC(=O)O)[C@@H](C1CCC1)N1C(=O)c2ccccc2C1=O. The number of nitrogens with zero attached hydrogens (tertiary/aromatic N) is 1. The predicted molar refractivity (Wildman–Crippen MR) is 78.7 cm³/mol. The third-order valence-electron chi connectivity index (χ3n) is 4.62. The molecule has 3 amide bonds. The summed E-state index contributed by atoms with van der Waals surface area (Å²) in [5.41, 5.74) is 0.804. The molecule has 1 aliphatic heterocycles. The Morgan fingerprint density at radius 3 is 2.18 bits per heavy atom. The minimum Gasteiger partial charge on any atom is -0.465 e. The molecule has 0 unspecified atom stereocenters. The van der Waals surface area contributed by atoms with Crippen molar-refractivity contribution in [3.05, 3.63) is 35.4 Å². The van der Waals surface area contributed by atoms with E-state index in [1.807, 2.05) is 0 Å². The van der Waals surface area contributed by atoms with Crippen molar-refractivity contribution >= 4 is 17.9 Å². The Labute approximate surface area is 128 Å². The van der Waals surface area contributed by atoms with Crippen LogP contribution in [0.3, 0.4) is 0 Å². The molecule has 6 heteroatoms. The fourth-order valence-electron chi connectivity index (χ4n) is 3.38. The van der Waals surface area contributed by atoms with Crippen molar-refractivity contribution in [2.75, 3.05) is 0 Å². The van der Waals surface area contributed by atoms with Gasteiger partial charge in [-0.3, -0.25) is 14.5 Å². The van der Waals surface area contributed by atoms with Gasteiger partial charge >= 0.3 is 6.09 Å². The van der Waals surface area contributed by atoms with Gasteiger partial charge in [0.15, 0.2) is 0 Å². The fraction of sp³-hybridized carbons (Fsp3) is 0.438. The van der Waals surface area contributed by atoms with Crippen LogP contribution in [0.5, 0.6) is 0 Å².